The summed E-state index contributed by atoms with van der Waals surface area (Å²) in [6.45, 7) is 0. The van der Waals surface area contributed by atoms with Gasteiger partial charge < -0.3 is 9.97 Å². The van der Waals surface area contributed by atoms with Gasteiger partial charge in [-0.05, 0) is 145 Å². The summed E-state index contributed by atoms with van der Waals surface area (Å²) in [7, 11) is 0. The molecular weight excluding hydrogens is 1180 g/mol. The second-order valence-electron chi connectivity index (χ2n) is 27.9. The lowest BCUT2D eigenvalue weighted by atomic mass is 9.52. The third kappa shape index (κ3) is 6.04. The van der Waals surface area contributed by atoms with Crippen LogP contribution in [0, 0.1) is 0 Å². The van der Waals surface area contributed by atoms with Crippen molar-refractivity contribution in [2.75, 3.05) is 0 Å². The molecule has 2 heterocycles. The summed E-state index contributed by atoms with van der Waals surface area (Å²) in [5.41, 5.74) is 35.5. The summed E-state index contributed by atoms with van der Waals surface area (Å²) in [5, 5.41) is 10.2. The molecule has 452 valence electrons. The predicted octanol–water partition coefficient (Wildman–Crippen LogP) is 23.0. The van der Waals surface area contributed by atoms with Crippen molar-refractivity contribution in [3.63, 3.8) is 0 Å². The minimum absolute atomic E-state index is 0.423. The Morgan fingerprint density at radius 3 is 0.857 bits per heavy atom. The summed E-state index contributed by atoms with van der Waals surface area (Å²) in [5.74, 6) is 0. The van der Waals surface area contributed by atoms with Gasteiger partial charge in [-0.1, -0.05) is 334 Å². The molecule has 0 saturated heterocycles. The molecule has 16 aromatic carbocycles. The molecule has 6 aliphatic rings. The number of hydrogen-bond acceptors (Lipinski definition) is 0. The van der Waals surface area contributed by atoms with Crippen molar-refractivity contribution in [1.29, 1.82) is 0 Å². The lowest BCUT2D eigenvalue weighted by molar-refractivity contribution is 0.633. The number of fused-ring (bicyclic) bond motifs is 44. The standard InChI is InChI=1S/2C48H29N/c1-2-14-30-29(13-1)25-28-43-44(30)34-26-27-42-45(46(34)49-43)33-17-5-8-20-37(33)48(42)40-23-11-9-21-38(40)47(39-22-10-12-24-41(39)48)35-18-6-3-15-31(35)32-16-4-7-19-36(32)47;1-2-14-30-29(13-1)25-26-33-34-27-28-43-44(46(34)49-45(30)33)35-17-5-8-20-38(35)48(43)41-23-11-9-21-39(41)47(40-22-10-12-24-42(40)48)36-18-6-3-15-31(36)32-16-4-7-19-37(32)47/h2*1-28,49H. The number of aromatic nitrogens is 2. The van der Waals surface area contributed by atoms with E-state index in [1.807, 2.05) is 0 Å². The van der Waals surface area contributed by atoms with E-state index in [1.165, 1.54) is 199 Å². The van der Waals surface area contributed by atoms with E-state index in [2.05, 4.69) is 350 Å². The molecule has 4 spiro atoms. The molecule has 0 aliphatic heterocycles. The smallest absolute Gasteiger partial charge is 0.0720 e. The average molecular weight is 1240 g/mol. The van der Waals surface area contributed by atoms with E-state index in [0.29, 0.717) is 0 Å². The first kappa shape index (κ1) is 53.0. The highest BCUT2D eigenvalue weighted by Gasteiger charge is 2.61. The SMILES string of the molecule is c1ccc2c(c1)-c1ccccc1C21c2ccccc2C2(c3ccccc3-c3c2ccc2c3[nH]c3c4ccccc4ccc23)c2ccccc21.c1ccc2c(c1)-c1ccccc1C21c2ccccc2C2(c3ccccc3-c3c2ccc2c3[nH]c3ccc4ccccc4c32)c2ccccc21. The lowest BCUT2D eigenvalue weighted by Crippen LogP contribution is -2.43. The van der Waals surface area contributed by atoms with Gasteiger partial charge in [-0.25, -0.2) is 0 Å². The molecule has 98 heavy (non-hydrogen) atoms. The third-order valence-electron chi connectivity index (χ3n) is 24.2. The Morgan fingerprint density at radius 1 is 0.163 bits per heavy atom. The van der Waals surface area contributed by atoms with Crippen LogP contribution in [-0.4, -0.2) is 9.97 Å². The summed E-state index contributed by atoms with van der Waals surface area (Å²) >= 11 is 0. The van der Waals surface area contributed by atoms with Crippen molar-refractivity contribution in [3.8, 4) is 44.5 Å². The molecule has 0 fully saturated rings. The van der Waals surface area contributed by atoms with E-state index in [0.717, 1.165) is 0 Å². The molecule has 0 atom stereocenters. The van der Waals surface area contributed by atoms with E-state index in [4.69, 9.17) is 0 Å². The second kappa shape index (κ2) is 18.8. The number of rotatable bonds is 0. The summed E-state index contributed by atoms with van der Waals surface area (Å²) in [6.07, 6.45) is 0. The summed E-state index contributed by atoms with van der Waals surface area (Å²) < 4.78 is 0. The summed E-state index contributed by atoms with van der Waals surface area (Å²) in [6, 6.07) is 128. The Balaban J connectivity index is 0.000000122. The van der Waals surface area contributed by atoms with Crippen LogP contribution < -0.4 is 0 Å². The minimum Gasteiger partial charge on any atom is -0.354 e. The molecule has 24 rings (SSSR count). The van der Waals surface area contributed by atoms with Gasteiger partial charge in [-0.3, -0.25) is 0 Å². The quantitative estimate of drug-likeness (QED) is 0.152. The molecule has 0 radical (unpaired) electrons. The molecule has 2 nitrogen and oxygen atoms in total. The number of benzene rings is 16. The third-order valence-corrected chi connectivity index (χ3v) is 24.2. The zero-order chi connectivity index (χ0) is 63.8. The van der Waals surface area contributed by atoms with Gasteiger partial charge in [0.15, 0.2) is 0 Å². The van der Waals surface area contributed by atoms with Gasteiger partial charge >= 0.3 is 0 Å². The molecule has 0 saturated carbocycles. The Kier molecular flexibility index (Phi) is 10.1. The van der Waals surface area contributed by atoms with Crippen LogP contribution in [0.5, 0.6) is 0 Å². The van der Waals surface area contributed by atoms with Gasteiger partial charge in [0.05, 0.1) is 38.2 Å². The Hall–Kier alpha value is -12.4. The van der Waals surface area contributed by atoms with Crippen LogP contribution in [0.4, 0.5) is 0 Å². The van der Waals surface area contributed by atoms with Crippen molar-refractivity contribution in [2.24, 2.45) is 0 Å². The zero-order valence-corrected chi connectivity index (χ0v) is 53.3. The fourth-order valence-corrected chi connectivity index (χ4v) is 20.9. The minimum atomic E-state index is -0.482. The number of nitrogens with one attached hydrogen (secondary N) is 2. The van der Waals surface area contributed by atoms with Gasteiger partial charge in [0.25, 0.3) is 0 Å². The van der Waals surface area contributed by atoms with E-state index in [-0.39, 0.29) is 0 Å². The fraction of sp³-hybridized carbons (Fsp3) is 0.0417. The van der Waals surface area contributed by atoms with Crippen LogP contribution in [-0.2, 0) is 21.7 Å². The molecule has 6 aliphatic carbocycles. The highest BCUT2D eigenvalue weighted by molar-refractivity contribution is 6.24. The maximum atomic E-state index is 4.01. The van der Waals surface area contributed by atoms with Crippen LogP contribution >= 0.6 is 0 Å². The van der Waals surface area contributed by atoms with Crippen molar-refractivity contribution < 1.29 is 0 Å². The Morgan fingerprint density at radius 2 is 0.439 bits per heavy atom. The first-order chi connectivity index (χ1) is 48.6. The van der Waals surface area contributed by atoms with Gasteiger partial charge in [0.1, 0.15) is 0 Å². The highest BCUT2D eigenvalue weighted by atomic mass is 14.7. The van der Waals surface area contributed by atoms with Crippen molar-refractivity contribution in [2.45, 2.75) is 21.7 Å². The van der Waals surface area contributed by atoms with Crippen LogP contribution in [0.25, 0.3) is 110 Å². The largest absolute Gasteiger partial charge is 0.354 e. The van der Waals surface area contributed by atoms with Crippen molar-refractivity contribution >= 4 is 65.2 Å². The number of aromatic amines is 2. The molecule has 0 unspecified atom stereocenters. The number of hydrogen-bond donors (Lipinski definition) is 2. The molecule has 2 heteroatoms. The monoisotopic (exact) mass is 1240 g/mol. The van der Waals surface area contributed by atoms with Crippen LogP contribution in [0.2, 0.25) is 0 Å². The molecule has 0 amide bonds. The molecule has 0 bridgehead atoms. The van der Waals surface area contributed by atoms with E-state index < -0.39 is 21.7 Å². The first-order valence-electron chi connectivity index (χ1n) is 34.6. The maximum absolute atomic E-state index is 4.01. The van der Waals surface area contributed by atoms with Gasteiger partial charge in [0.2, 0.25) is 0 Å². The normalized spacial score (nSPS) is 15.3. The molecular formula is C96H58N2. The van der Waals surface area contributed by atoms with Crippen molar-refractivity contribution in [3.05, 3.63) is 429 Å². The fourth-order valence-electron chi connectivity index (χ4n) is 20.9. The van der Waals surface area contributed by atoms with Crippen LogP contribution in [0.1, 0.15) is 89.0 Å². The average Bonchev–Trinajstić information content (AvgIpc) is 1.44. The molecule has 2 aromatic heterocycles. The first-order valence-corrected chi connectivity index (χ1v) is 34.6. The number of H-pyrrole nitrogens is 2. The van der Waals surface area contributed by atoms with Crippen molar-refractivity contribution in [1.82, 2.24) is 9.97 Å². The zero-order valence-electron chi connectivity index (χ0n) is 53.3. The van der Waals surface area contributed by atoms with E-state index >= 15 is 0 Å². The van der Waals surface area contributed by atoms with E-state index in [9.17, 15) is 0 Å². The Labute approximate surface area is 566 Å². The Bertz CT molecular complexity index is 6150. The van der Waals surface area contributed by atoms with Gasteiger partial charge in [0, 0.05) is 43.6 Å². The van der Waals surface area contributed by atoms with Gasteiger partial charge in [-0.2, -0.15) is 0 Å². The van der Waals surface area contributed by atoms with Crippen LogP contribution in [0.3, 0.4) is 0 Å². The molecule has 18 aromatic rings. The summed E-state index contributed by atoms with van der Waals surface area (Å²) in [4.78, 5) is 7.96. The predicted molar refractivity (Wildman–Crippen MR) is 403 cm³/mol. The molecule has 2 N–H and O–H groups in total. The van der Waals surface area contributed by atoms with Gasteiger partial charge in [-0.15, -0.1) is 0 Å². The second-order valence-corrected chi connectivity index (χ2v) is 27.9. The topological polar surface area (TPSA) is 31.6 Å². The van der Waals surface area contributed by atoms with E-state index in [1.54, 1.807) is 0 Å². The highest BCUT2D eigenvalue weighted by Crippen LogP contribution is 2.70. The maximum Gasteiger partial charge on any atom is 0.0720 e. The van der Waals surface area contributed by atoms with Crippen LogP contribution in [0.15, 0.2) is 340 Å². The lowest BCUT2D eigenvalue weighted by Gasteiger charge is -2.48.